The molecule has 0 amide bonds. The molecule has 0 heterocycles. The van der Waals surface area contributed by atoms with Crippen LogP contribution in [-0.2, 0) is 0 Å². The number of ketones is 1. The van der Waals surface area contributed by atoms with Crippen molar-refractivity contribution in [3.63, 3.8) is 0 Å². The van der Waals surface area contributed by atoms with E-state index in [4.69, 9.17) is 0 Å². The summed E-state index contributed by atoms with van der Waals surface area (Å²) in [6.07, 6.45) is 1.77. The fraction of sp³-hybridized carbons (Fsp3) is 0.462. The fourth-order valence-electron chi connectivity index (χ4n) is 1.76. The third kappa shape index (κ3) is 2.88. The number of hydrogen-bond acceptors (Lipinski definition) is 1. The molecule has 0 saturated heterocycles. The van der Waals surface area contributed by atoms with Crippen molar-refractivity contribution in [2.24, 2.45) is 5.41 Å². The first-order chi connectivity index (χ1) is 6.97. The summed E-state index contributed by atoms with van der Waals surface area (Å²) in [5.74, 6) is -0.336. The van der Waals surface area contributed by atoms with Gasteiger partial charge in [0.15, 0.2) is 5.78 Å². The lowest BCUT2D eigenvalue weighted by atomic mass is 9.80. The summed E-state index contributed by atoms with van der Waals surface area (Å²) < 4.78 is 12.9. The molecule has 0 saturated carbocycles. The van der Waals surface area contributed by atoms with Gasteiger partial charge >= 0.3 is 0 Å². The van der Waals surface area contributed by atoms with E-state index < -0.39 is 5.41 Å². The van der Waals surface area contributed by atoms with Gasteiger partial charge in [0.05, 0.1) is 0 Å². The molecule has 0 bridgehead atoms. The molecular formula is C13H17FO. The molecule has 82 valence electrons. The predicted molar refractivity (Wildman–Crippen MR) is 59.4 cm³/mol. The van der Waals surface area contributed by atoms with Crippen molar-refractivity contribution in [3.8, 4) is 0 Å². The first-order valence-electron chi connectivity index (χ1n) is 5.28. The summed E-state index contributed by atoms with van der Waals surface area (Å²) in [5, 5.41) is 0. The van der Waals surface area contributed by atoms with Crippen LogP contribution in [0.1, 0.15) is 44.0 Å². The van der Waals surface area contributed by atoms with Crippen molar-refractivity contribution in [3.05, 3.63) is 35.6 Å². The zero-order valence-corrected chi connectivity index (χ0v) is 9.51. The predicted octanol–water partition coefficient (Wildman–Crippen LogP) is 3.83. The molecular weight excluding hydrogens is 191 g/mol. The molecule has 0 aliphatic carbocycles. The van der Waals surface area contributed by atoms with Crippen molar-refractivity contribution < 1.29 is 9.18 Å². The van der Waals surface area contributed by atoms with Crippen molar-refractivity contribution in [1.29, 1.82) is 0 Å². The molecule has 1 aromatic rings. The van der Waals surface area contributed by atoms with E-state index in [0.717, 1.165) is 12.8 Å². The average Bonchev–Trinajstić information content (AvgIpc) is 2.16. The number of rotatable bonds is 4. The van der Waals surface area contributed by atoms with E-state index in [2.05, 4.69) is 0 Å². The number of carbonyl (C=O) groups is 1. The summed E-state index contributed by atoms with van der Waals surface area (Å²) in [6, 6.07) is 5.90. The van der Waals surface area contributed by atoms with Crippen molar-refractivity contribution in [2.45, 2.75) is 33.6 Å². The minimum Gasteiger partial charge on any atom is -0.294 e. The van der Waals surface area contributed by atoms with Crippen LogP contribution in [0.15, 0.2) is 24.3 Å². The summed E-state index contributed by atoms with van der Waals surface area (Å²) in [5.41, 5.74) is 0.0659. The summed E-state index contributed by atoms with van der Waals surface area (Å²) in [4.78, 5) is 12.0. The second-order valence-corrected chi connectivity index (χ2v) is 4.47. The molecule has 0 atom stereocenters. The molecule has 1 rings (SSSR count). The number of Topliss-reactive ketones (excluding diaryl/α,β-unsaturated/α-hetero) is 1. The normalized spacial score (nSPS) is 11.5. The van der Waals surface area contributed by atoms with Gasteiger partial charge < -0.3 is 0 Å². The van der Waals surface area contributed by atoms with Gasteiger partial charge in [-0.3, -0.25) is 4.79 Å². The molecule has 0 aliphatic heterocycles. The van der Waals surface area contributed by atoms with E-state index in [0.29, 0.717) is 5.56 Å². The Morgan fingerprint density at radius 1 is 1.40 bits per heavy atom. The van der Waals surface area contributed by atoms with Crippen molar-refractivity contribution in [1.82, 2.24) is 0 Å². The molecule has 1 nitrogen and oxygen atoms in total. The second-order valence-electron chi connectivity index (χ2n) is 4.47. The highest BCUT2D eigenvalue weighted by Crippen LogP contribution is 2.27. The van der Waals surface area contributed by atoms with E-state index in [1.54, 1.807) is 12.1 Å². The highest BCUT2D eigenvalue weighted by molar-refractivity contribution is 5.99. The number of carbonyl (C=O) groups excluding carboxylic acids is 1. The number of hydrogen-bond donors (Lipinski definition) is 0. The first kappa shape index (κ1) is 11.9. The highest BCUT2D eigenvalue weighted by Gasteiger charge is 2.27. The molecule has 0 aromatic heterocycles. The van der Waals surface area contributed by atoms with Crippen LogP contribution in [0.3, 0.4) is 0 Å². The van der Waals surface area contributed by atoms with E-state index in [1.807, 2.05) is 20.8 Å². The Balaban J connectivity index is 2.94. The molecule has 0 spiro atoms. The van der Waals surface area contributed by atoms with Crippen LogP contribution >= 0.6 is 0 Å². The van der Waals surface area contributed by atoms with E-state index in [-0.39, 0.29) is 11.6 Å². The standard InChI is InChI=1S/C13H17FO/c1-4-8-13(2,3)12(15)10-6-5-7-11(14)9-10/h5-7,9H,4,8H2,1-3H3. The van der Waals surface area contributed by atoms with Gasteiger partial charge in [0, 0.05) is 11.0 Å². The largest absolute Gasteiger partial charge is 0.294 e. The monoisotopic (exact) mass is 208 g/mol. The lowest BCUT2D eigenvalue weighted by molar-refractivity contribution is 0.0825. The van der Waals surface area contributed by atoms with E-state index in [9.17, 15) is 9.18 Å². The maximum absolute atomic E-state index is 12.9. The molecule has 1 aromatic carbocycles. The Kier molecular flexibility index (Phi) is 3.61. The molecule has 15 heavy (non-hydrogen) atoms. The fourth-order valence-corrected chi connectivity index (χ4v) is 1.76. The topological polar surface area (TPSA) is 17.1 Å². The van der Waals surface area contributed by atoms with Crippen molar-refractivity contribution >= 4 is 5.78 Å². The molecule has 0 N–H and O–H groups in total. The van der Waals surface area contributed by atoms with Crippen LogP contribution in [0.2, 0.25) is 0 Å². The summed E-state index contributed by atoms with van der Waals surface area (Å²) >= 11 is 0. The second kappa shape index (κ2) is 4.56. The molecule has 0 unspecified atom stereocenters. The molecule has 0 radical (unpaired) electrons. The van der Waals surface area contributed by atoms with E-state index >= 15 is 0 Å². The van der Waals surface area contributed by atoms with Gasteiger partial charge in [0.1, 0.15) is 5.82 Å². The summed E-state index contributed by atoms with van der Waals surface area (Å²) in [6.45, 7) is 5.86. The average molecular weight is 208 g/mol. The van der Waals surface area contributed by atoms with Crippen LogP contribution in [0.25, 0.3) is 0 Å². The van der Waals surface area contributed by atoms with Crippen molar-refractivity contribution in [2.75, 3.05) is 0 Å². The minimum absolute atomic E-state index is 0.0175. The quantitative estimate of drug-likeness (QED) is 0.687. The van der Waals surface area contributed by atoms with Gasteiger partial charge in [-0.05, 0) is 18.6 Å². The van der Waals surface area contributed by atoms with Crippen LogP contribution < -0.4 is 0 Å². The van der Waals surface area contributed by atoms with E-state index in [1.165, 1.54) is 12.1 Å². The smallest absolute Gasteiger partial charge is 0.168 e. The lowest BCUT2D eigenvalue weighted by Crippen LogP contribution is -2.24. The molecule has 0 aliphatic rings. The summed E-state index contributed by atoms with van der Waals surface area (Å²) in [7, 11) is 0. The molecule has 0 fully saturated rings. The first-order valence-corrected chi connectivity index (χ1v) is 5.28. The van der Waals surface area contributed by atoms with Crippen LogP contribution in [0.4, 0.5) is 4.39 Å². The zero-order chi connectivity index (χ0) is 11.5. The van der Waals surface area contributed by atoms with Gasteiger partial charge in [0.2, 0.25) is 0 Å². The van der Waals surface area contributed by atoms with Gasteiger partial charge in [-0.1, -0.05) is 39.3 Å². The maximum Gasteiger partial charge on any atom is 0.168 e. The Hall–Kier alpha value is -1.18. The van der Waals surface area contributed by atoms with Gasteiger partial charge in [-0.2, -0.15) is 0 Å². The lowest BCUT2D eigenvalue weighted by Gasteiger charge is -2.22. The third-order valence-electron chi connectivity index (χ3n) is 2.58. The Bertz CT molecular complexity index is 355. The Morgan fingerprint density at radius 2 is 2.07 bits per heavy atom. The Labute approximate surface area is 90.3 Å². The number of halogens is 1. The van der Waals surface area contributed by atoms with Crippen LogP contribution in [0.5, 0.6) is 0 Å². The minimum atomic E-state index is -0.400. The molecule has 2 heteroatoms. The van der Waals surface area contributed by atoms with Crippen LogP contribution in [0, 0.1) is 11.2 Å². The number of benzene rings is 1. The van der Waals surface area contributed by atoms with Crippen LogP contribution in [-0.4, -0.2) is 5.78 Å². The zero-order valence-electron chi connectivity index (χ0n) is 9.51. The van der Waals surface area contributed by atoms with Gasteiger partial charge in [0.25, 0.3) is 0 Å². The van der Waals surface area contributed by atoms with Gasteiger partial charge in [-0.15, -0.1) is 0 Å². The maximum atomic E-state index is 12.9. The SMILES string of the molecule is CCCC(C)(C)C(=O)c1cccc(F)c1. The van der Waals surface area contributed by atoms with Gasteiger partial charge in [-0.25, -0.2) is 4.39 Å². The third-order valence-corrected chi connectivity index (χ3v) is 2.58. The highest BCUT2D eigenvalue weighted by atomic mass is 19.1. The Morgan fingerprint density at radius 3 is 2.60 bits per heavy atom.